The van der Waals surface area contributed by atoms with Crippen LogP contribution in [-0.4, -0.2) is 55.5 Å². The molecule has 0 unspecified atom stereocenters. The Morgan fingerprint density at radius 1 is 0.861 bits per heavy atom. The zero-order valence-electron chi connectivity index (χ0n) is 21.6. The molecule has 0 aliphatic rings. The van der Waals surface area contributed by atoms with Crippen LogP contribution in [0.2, 0.25) is 0 Å². The van der Waals surface area contributed by atoms with Gasteiger partial charge in [0.15, 0.2) is 11.5 Å². The van der Waals surface area contributed by atoms with Crippen molar-refractivity contribution in [1.82, 2.24) is 9.80 Å². The minimum Gasteiger partial charge on any atom is -0.493 e. The average molecular weight is 509 g/mol. The number of carbonyl (C=O) groups is 2. The number of hydrogen-bond acceptors (Lipinski definition) is 5. The van der Waals surface area contributed by atoms with Gasteiger partial charge in [-0.25, -0.2) is 0 Å². The normalized spacial score (nSPS) is 10.8. The zero-order valence-corrected chi connectivity index (χ0v) is 22.4. The fraction of sp³-hybridized carbons (Fsp3) is 0.379. The number of nitrogens with zero attached hydrogens (tertiary/aromatic N) is 2. The molecule has 0 N–H and O–H groups in total. The van der Waals surface area contributed by atoms with Gasteiger partial charge in [-0.2, -0.15) is 0 Å². The minimum absolute atomic E-state index is 0.0285. The summed E-state index contributed by atoms with van der Waals surface area (Å²) in [6.45, 7) is 5.80. The number of ether oxygens (including phenoxy) is 2. The molecule has 7 heteroatoms. The predicted molar refractivity (Wildman–Crippen MR) is 145 cm³/mol. The fourth-order valence-corrected chi connectivity index (χ4v) is 4.74. The van der Waals surface area contributed by atoms with E-state index in [-0.39, 0.29) is 30.7 Å². The molecule has 0 fully saturated rings. The first-order valence-corrected chi connectivity index (χ1v) is 13.1. The van der Waals surface area contributed by atoms with Gasteiger partial charge >= 0.3 is 0 Å². The predicted octanol–water partition coefficient (Wildman–Crippen LogP) is 5.06. The summed E-state index contributed by atoms with van der Waals surface area (Å²) < 4.78 is 10.8. The highest BCUT2D eigenvalue weighted by molar-refractivity contribution is 7.09. The second-order valence-corrected chi connectivity index (χ2v) is 10.2. The molecule has 0 radical (unpaired) electrons. The summed E-state index contributed by atoms with van der Waals surface area (Å²) in [7, 11) is 3.23. The van der Waals surface area contributed by atoms with Gasteiger partial charge in [-0.15, -0.1) is 11.3 Å². The molecule has 0 saturated heterocycles. The van der Waals surface area contributed by atoms with Gasteiger partial charge in [0, 0.05) is 18.0 Å². The van der Waals surface area contributed by atoms with E-state index >= 15 is 0 Å². The summed E-state index contributed by atoms with van der Waals surface area (Å²) in [6.07, 6.45) is 0.955. The van der Waals surface area contributed by atoms with Crippen molar-refractivity contribution in [3.05, 3.63) is 82.0 Å². The van der Waals surface area contributed by atoms with Gasteiger partial charge in [0.1, 0.15) is 0 Å². The Morgan fingerprint density at radius 3 is 2.25 bits per heavy atom. The molecule has 0 saturated carbocycles. The Morgan fingerprint density at radius 2 is 1.61 bits per heavy atom. The molecule has 1 aromatic heterocycles. The standard InChI is InChI=1S/C29H36N2O4S/c1-22(2)19-31(28(32)18-23-9-6-5-7-10-23)21-29(33)30(20-25-11-8-16-36-25)15-14-24-12-13-26(34-3)27(17-24)35-4/h5-13,16-17,22H,14-15,18-21H2,1-4H3. The maximum absolute atomic E-state index is 13.6. The van der Waals surface area contributed by atoms with Crippen LogP contribution in [0.15, 0.2) is 66.0 Å². The molecular formula is C29H36N2O4S. The van der Waals surface area contributed by atoms with E-state index in [0.29, 0.717) is 37.6 Å². The van der Waals surface area contributed by atoms with Crippen molar-refractivity contribution >= 4 is 23.2 Å². The molecule has 2 aromatic carbocycles. The van der Waals surface area contributed by atoms with E-state index in [9.17, 15) is 9.59 Å². The van der Waals surface area contributed by atoms with Crippen molar-refractivity contribution in [3.8, 4) is 11.5 Å². The summed E-state index contributed by atoms with van der Waals surface area (Å²) >= 11 is 1.63. The quantitative estimate of drug-likeness (QED) is 0.324. The minimum atomic E-state index is -0.0501. The van der Waals surface area contributed by atoms with Crippen molar-refractivity contribution in [2.75, 3.05) is 33.9 Å². The first kappa shape index (κ1) is 27.3. The third-order valence-corrected chi connectivity index (χ3v) is 6.72. The maximum atomic E-state index is 13.6. The molecule has 6 nitrogen and oxygen atoms in total. The van der Waals surface area contributed by atoms with Gasteiger partial charge in [-0.1, -0.05) is 56.3 Å². The molecule has 0 aliphatic heterocycles. The van der Waals surface area contributed by atoms with Gasteiger partial charge in [0.05, 0.1) is 33.7 Å². The second-order valence-electron chi connectivity index (χ2n) is 9.16. The van der Waals surface area contributed by atoms with Crippen LogP contribution in [0.4, 0.5) is 0 Å². The molecular weight excluding hydrogens is 472 g/mol. The first-order valence-electron chi connectivity index (χ1n) is 12.2. The summed E-state index contributed by atoms with van der Waals surface area (Å²) in [4.78, 5) is 31.4. The number of hydrogen-bond donors (Lipinski definition) is 0. The molecule has 0 bridgehead atoms. The van der Waals surface area contributed by atoms with Crippen LogP contribution in [0.1, 0.15) is 29.9 Å². The number of carbonyl (C=O) groups excluding carboxylic acids is 2. The lowest BCUT2D eigenvalue weighted by molar-refractivity contribution is -0.141. The molecule has 3 rings (SSSR count). The second kappa shape index (κ2) is 13.7. The Balaban J connectivity index is 1.73. The maximum Gasteiger partial charge on any atom is 0.242 e. The molecule has 0 spiro atoms. The highest BCUT2D eigenvalue weighted by Crippen LogP contribution is 2.28. The van der Waals surface area contributed by atoms with Gasteiger partial charge in [0.2, 0.25) is 11.8 Å². The Kier molecular flexibility index (Phi) is 10.4. The van der Waals surface area contributed by atoms with Crippen molar-refractivity contribution in [2.45, 2.75) is 33.2 Å². The van der Waals surface area contributed by atoms with Crippen molar-refractivity contribution < 1.29 is 19.1 Å². The van der Waals surface area contributed by atoms with E-state index < -0.39 is 0 Å². The molecule has 0 aliphatic carbocycles. The van der Waals surface area contributed by atoms with Crippen molar-refractivity contribution in [2.24, 2.45) is 5.92 Å². The average Bonchev–Trinajstić information content (AvgIpc) is 3.39. The number of thiophene rings is 1. The van der Waals surface area contributed by atoms with Crippen LogP contribution >= 0.6 is 11.3 Å². The van der Waals surface area contributed by atoms with Crippen LogP contribution in [0.3, 0.4) is 0 Å². The van der Waals surface area contributed by atoms with E-state index in [0.717, 1.165) is 16.0 Å². The van der Waals surface area contributed by atoms with E-state index in [1.165, 1.54) is 0 Å². The van der Waals surface area contributed by atoms with Crippen LogP contribution in [0.5, 0.6) is 11.5 Å². The van der Waals surface area contributed by atoms with E-state index in [2.05, 4.69) is 13.8 Å². The molecule has 3 aromatic rings. The summed E-state index contributed by atoms with van der Waals surface area (Å²) in [5.74, 6) is 1.52. The lowest BCUT2D eigenvalue weighted by Gasteiger charge is -2.29. The van der Waals surface area contributed by atoms with Gasteiger partial charge < -0.3 is 19.3 Å². The van der Waals surface area contributed by atoms with Crippen LogP contribution in [-0.2, 0) is 29.0 Å². The molecule has 0 atom stereocenters. The zero-order chi connectivity index (χ0) is 25.9. The summed E-state index contributed by atoms with van der Waals surface area (Å²) in [5, 5.41) is 2.01. The van der Waals surface area contributed by atoms with Crippen LogP contribution in [0, 0.1) is 5.92 Å². The number of rotatable bonds is 13. The summed E-state index contributed by atoms with van der Waals surface area (Å²) in [6, 6.07) is 19.5. The van der Waals surface area contributed by atoms with E-state index in [1.54, 1.807) is 30.5 Å². The van der Waals surface area contributed by atoms with E-state index in [4.69, 9.17) is 9.47 Å². The van der Waals surface area contributed by atoms with Gasteiger partial charge in [-0.3, -0.25) is 9.59 Å². The molecule has 192 valence electrons. The third-order valence-electron chi connectivity index (χ3n) is 5.86. The van der Waals surface area contributed by atoms with E-state index in [1.807, 2.05) is 70.9 Å². The SMILES string of the molecule is COc1ccc(CCN(Cc2cccs2)C(=O)CN(CC(C)C)C(=O)Cc2ccccc2)cc1OC. The lowest BCUT2D eigenvalue weighted by atomic mass is 10.1. The largest absolute Gasteiger partial charge is 0.493 e. The Hall–Kier alpha value is -3.32. The highest BCUT2D eigenvalue weighted by Gasteiger charge is 2.23. The Bertz CT molecular complexity index is 1100. The molecule has 2 amide bonds. The number of methoxy groups -OCH3 is 2. The van der Waals surface area contributed by atoms with Crippen molar-refractivity contribution in [3.63, 3.8) is 0 Å². The number of amides is 2. The monoisotopic (exact) mass is 508 g/mol. The van der Waals surface area contributed by atoms with Gasteiger partial charge in [-0.05, 0) is 47.0 Å². The topological polar surface area (TPSA) is 59.1 Å². The van der Waals surface area contributed by atoms with Crippen LogP contribution in [0.25, 0.3) is 0 Å². The fourth-order valence-electron chi connectivity index (χ4n) is 4.02. The molecule has 36 heavy (non-hydrogen) atoms. The Labute approximate surface area is 218 Å². The lowest BCUT2D eigenvalue weighted by Crippen LogP contribution is -2.45. The third kappa shape index (κ3) is 8.12. The molecule has 1 heterocycles. The summed E-state index contributed by atoms with van der Waals surface area (Å²) in [5.41, 5.74) is 2.00. The highest BCUT2D eigenvalue weighted by atomic mass is 32.1. The van der Waals surface area contributed by atoms with Crippen molar-refractivity contribution in [1.29, 1.82) is 0 Å². The smallest absolute Gasteiger partial charge is 0.242 e. The number of benzene rings is 2. The van der Waals surface area contributed by atoms with Crippen LogP contribution < -0.4 is 9.47 Å². The van der Waals surface area contributed by atoms with Gasteiger partial charge in [0.25, 0.3) is 0 Å². The first-order chi connectivity index (χ1) is 17.4.